The number of nitrogens with two attached hydrogens (primary N) is 3. The van der Waals surface area contributed by atoms with Gasteiger partial charge in [0.05, 0.1) is 45.1 Å². The van der Waals surface area contributed by atoms with Crippen molar-refractivity contribution in [1.29, 1.82) is 5.26 Å². The Hall–Kier alpha value is -3.60. The molecule has 27 heteroatoms. The third-order valence-corrected chi connectivity index (χ3v) is 16.5. The minimum Gasteiger partial charge on any atom is -1.00 e. The molecule has 21 nitrogen and oxygen atoms in total. The third kappa shape index (κ3) is 37.8. The summed E-state index contributed by atoms with van der Waals surface area (Å²) in [6, 6.07) is 32.4. The molecule has 0 saturated heterocycles. The molecule has 1 aliphatic heterocycles. The van der Waals surface area contributed by atoms with Crippen LogP contribution in [-0.4, -0.2) is 127 Å². The van der Waals surface area contributed by atoms with Crippen molar-refractivity contribution < 1.29 is 208 Å². The number of fused-ring (bicyclic) bond motifs is 5. The van der Waals surface area contributed by atoms with Crippen molar-refractivity contribution in [2.24, 2.45) is 46.8 Å². The number of aromatic hydroxyl groups is 1. The average Bonchev–Trinajstić information content (AvgIpc) is 0.777. The SMILES string of the molecule is CC(C)CCBr.CC(C)CCOc1ccc(Br)cc1.Cc1nc(-c2ccc(OCCC(C)C)cc2)ncc1C(=O)C[C@@H](CCN)C(=O)N(C)[C@@H]1C(=O)C[C@@H](C)C(=O)N[C@H](C(=O)CCC#N)Cc2ccc(OCCN)c(c2)-c2cc1ccc2OCCN.O=CO[O-].Oc1ccc(Br)cc1.[2H]CF.[Cs+].[Cs+].[H-]. The molecule has 0 saturated carbocycles. The summed E-state index contributed by atoms with van der Waals surface area (Å²) in [4.78, 5) is 92.5. The Labute approximate surface area is 747 Å². The van der Waals surface area contributed by atoms with Crippen molar-refractivity contribution in [3.8, 4) is 57.3 Å². The Morgan fingerprint density at radius 1 is 0.784 bits per heavy atom. The maximum atomic E-state index is 14.8. The number of carbonyl (C=O) groups excluding carboxylic acids is 6. The van der Waals surface area contributed by atoms with Gasteiger partial charge in [-0.1, -0.05) is 108 Å². The zero-order chi connectivity index (χ0) is 75.4. The first kappa shape index (κ1) is 96.4. The quantitative estimate of drug-likeness (QED) is 0.0108. The Bertz CT molecular complexity index is 3480. The first-order valence-electron chi connectivity index (χ1n) is 33.7. The monoisotopic (exact) mass is 1840 g/mol. The van der Waals surface area contributed by atoms with Crippen molar-refractivity contribution in [2.45, 2.75) is 125 Å². The van der Waals surface area contributed by atoms with Crippen LogP contribution in [0.3, 0.4) is 0 Å². The van der Waals surface area contributed by atoms with E-state index in [1.165, 1.54) is 24.6 Å². The Balaban J connectivity index is 0. The fourth-order valence-electron chi connectivity index (χ4n) is 9.57. The van der Waals surface area contributed by atoms with Crippen LogP contribution < -0.4 is 185 Å². The van der Waals surface area contributed by atoms with Gasteiger partial charge in [0.1, 0.15) is 48.0 Å². The molecule has 1 aliphatic rings. The number of nitriles is 1. The predicted molar refractivity (Wildman–Crippen MR) is 397 cm³/mol. The minimum absolute atomic E-state index is 0. The number of benzene rings is 5. The average molecular weight is 1850 g/mol. The fourth-order valence-corrected chi connectivity index (χ4v) is 11.0. The van der Waals surface area contributed by atoms with Gasteiger partial charge in [-0.3, -0.25) is 33.2 Å². The largest absolute Gasteiger partial charge is 1.00 e. The maximum absolute atomic E-state index is 14.8. The van der Waals surface area contributed by atoms with E-state index < -0.39 is 48.7 Å². The number of nitrogens with zero attached hydrogens (tertiary/aromatic N) is 4. The molecule has 548 valence electrons. The van der Waals surface area contributed by atoms with Gasteiger partial charge in [-0.25, -0.2) is 9.97 Å². The number of phenolic OH excluding ortho intramolecular Hbond substituents is 1. The molecule has 0 aliphatic carbocycles. The molecule has 5 aromatic carbocycles. The number of rotatable bonds is 28. The van der Waals surface area contributed by atoms with Crippen LogP contribution in [0.5, 0.6) is 28.7 Å². The summed E-state index contributed by atoms with van der Waals surface area (Å²) >= 11 is 9.97. The molecule has 2 amide bonds. The summed E-state index contributed by atoms with van der Waals surface area (Å²) in [5, 5.41) is 30.4. The summed E-state index contributed by atoms with van der Waals surface area (Å²) in [6.45, 7) is 18.5. The molecule has 4 atom stereocenters. The smallest absolute Gasteiger partial charge is 1.00 e. The maximum Gasteiger partial charge on any atom is 1.00 e. The van der Waals surface area contributed by atoms with Gasteiger partial charge in [0.2, 0.25) is 11.8 Å². The molecule has 4 bridgehead atoms. The van der Waals surface area contributed by atoms with Gasteiger partial charge < -0.3 is 63.0 Å². The summed E-state index contributed by atoms with van der Waals surface area (Å²) in [6.07, 6.45) is 4.37. The fraction of sp³-hybridized carbons (Fsp3) is 0.453. The van der Waals surface area contributed by atoms with Crippen LogP contribution in [0.4, 0.5) is 4.39 Å². The number of aromatic nitrogens is 2. The van der Waals surface area contributed by atoms with Gasteiger partial charge in [0.25, 0.3) is 6.47 Å². The van der Waals surface area contributed by atoms with Crippen molar-refractivity contribution in [3.63, 3.8) is 0 Å². The van der Waals surface area contributed by atoms with E-state index >= 15 is 0 Å². The molecular weight excluding hydrogens is 1750 g/mol. The van der Waals surface area contributed by atoms with Crippen LogP contribution in [0.15, 0.2) is 124 Å². The number of ether oxygens (including phenoxy) is 4. The number of nitrogens with one attached hydrogen (secondary N) is 1. The Morgan fingerprint density at radius 2 is 1.29 bits per heavy atom. The van der Waals surface area contributed by atoms with Gasteiger partial charge >= 0.3 is 138 Å². The number of alkyl halides is 2. The second-order valence-corrected chi connectivity index (χ2v) is 27.0. The second-order valence-electron chi connectivity index (χ2n) is 24.3. The summed E-state index contributed by atoms with van der Waals surface area (Å²) in [5.41, 5.74) is 21.3. The predicted octanol–water partition coefficient (Wildman–Crippen LogP) is 7.06. The number of Topliss-reactive ketones (excluding diaryl/α,β-unsaturated/α-hetero) is 3. The van der Waals surface area contributed by atoms with Gasteiger partial charge in [-0.05, 0) is 172 Å². The number of ketones is 3. The van der Waals surface area contributed by atoms with Crippen LogP contribution in [0, 0.1) is 47.8 Å². The number of carbonyl (C=O) groups is 6. The first-order chi connectivity index (χ1) is 48.3. The topological polar surface area (TPSA) is 335 Å². The first-order valence-corrected chi connectivity index (χ1v) is 35.7. The number of hydrogen-bond acceptors (Lipinski definition) is 19. The van der Waals surface area contributed by atoms with Crippen LogP contribution in [0.1, 0.15) is 136 Å². The van der Waals surface area contributed by atoms with E-state index in [0.717, 1.165) is 56.7 Å². The molecular formula is C75H100Br3Cs2FN8O13. The third-order valence-electron chi connectivity index (χ3n) is 15.0. The van der Waals surface area contributed by atoms with E-state index in [4.69, 9.17) is 52.7 Å². The van der Waals surface area contributed by atoms with E-state index in [2.05, 4.69) is 110 Å². The van der Waals surface area contributed by atoms with Gasteiger partial charge in [-0.2, -0.15) is 5.26 Å². The zero-order valence-electron chi connectivity index (χ0n) is 62.7. The standard InChI is InChI=1S/C51H64N8O8.C11H15BrO.C6H5BrO.C5H11Br.CH3F.CH2O3.2Cs.H/c1-31(2)17-22-65-38-12-9-35(10-13-38)49-56-30-41(33(4)57-49)44(61)29-37(16-19-53)51(64)59(5)48-36-11-15-47(67-24-21-55)40(28-36)39-26-34(8-14-46(39)66-23-20-54)27-42(43(60)7-6-18-52)58-50(63)32(3)25-45(48)62;1-9(2)7-8-13-11-5-3-10(12)4-6-11;7-5-1-3-6(8)4-2-5;1-5(2)3-4-6;1-2;2-1-4-3;;;/h8-15,26,28,30-32,37,42,48H,6-7,16-17,19-25,27,29,53-55H2,1-5H3,(H,58,63);3-6,9H,7-8H2,1-2H3;1-4,8H;5H,3-4H2,1-2H3;1H3;1,3H;;;/q;;;;;;2*+1;-1/p-1/t32-,37-,42+,48+;;;;;;;;/m1......../s1/i;;;;1D;;;;. The molecule has 102 heavy (non-hydrogen) atoms. The zero-order valence-corrected chi connectivity index (χ0v) is 78.0. The Kier molecular flexibility index (Phi) is 53.6. The molecule has 0 spiro atoms. The second kappa shape index (κ2) is 56.7. The number of halogens is 4. The summed E-state index contributed by atoms with van der Waals surface area (Å²) in [5.74, 6) is 1.25. The van der Waals surface area contributed by atoms with E-state index in [9.17, 15) is 33.6 Å². The molecule has 6 aromatic rings. The number of phenols is 1. The van der Waals surface area contributed by atoms with Gasteiger partial charge in [0, 0.05) is 94.8 Å². The molecule has 0 unspecified atom stereocenters. The van der Waals surface area contributed by atoms with Crippen LogP contribution >= 0.6 is 47.8 Å². The van der Waals surface area contributed by atoms with Gasteiger partial charge in [-0.15, -0.1) is 0 Å². The number of hydrogen-bond donors (Lipinski definition) is 5. The molecule has 1 aromatic heterocycles. The van der Waals surface area contributed by atoms with Crippen LogP contribution in [-0.2, 0) is 35.3 Å². The molecule has 8 N–H and O–H groups in total. The minimum atomic E-state index is -1.25. The number of likely N-dealkylation sites (N-methyl/N-ethyl adjacent to an activating group) is 1. The van der Waals surface area contributed by atoms with Crippen molar-refractivity contribution >= 4 is 83.4 Å². The van der Waals surface area contributed by atoms with Crippen LogP contribution in [0.2, 0.25) is 0 Å². The summed E-state index contributed by atoms with van der Waals surface area (Å²) < 4.78 is 41.2. The van der Waals surface area contributed by atoms with Crippen molar-refractivity contribution in [1.82, 2.24) is 20.2 Å². The summed E-state index contributed by atoms with van der Waals surface area (Å²) in [7, 11) is 0.495. The molecule has 7 rings (SSSR count). The van der Waals surface area contributed by atoms with E-state index in [1.807, 2.05) is 60.7 Å². The Morgan fingerprint density at radius 3 is 1.75 bits per heavy atom. The van der Waals surface area contributed by atoms with E-state index in [1.54, 1.807) is 68.4 Å². The van der Waals surface area contributed by atoms with Crippen molar-refractivity contribution in [2.75, 3.05) is 65.6 Å². The van der Waals surface area contributed by atoms with E-state index in [0.29, 0.717) is 69.5 Å². The van der Waals surface area contributed by atoms with E-state index in [-0.39, 0.29) is 234 Å². The number of amides is 2. The number of aryl methyl sites for hydroxylation is 1. The van der Waals surface area contributed by atoms with Gasteiger partial charge in [0.15, 0.2) is 23.2 Å². The molecule has 0 fully saturated rings. The molecule has 2 heterocycles. The van der Waals surface area contributed by atoms with Crippen molar-refractivity contribution in [3.05, 3.63) is 147 Å². The normalized spacial score (nSPS) is 13.9. The van der Waals surface area contributed by atoms with Crippen LogP contribution in [0.25, 0.3) is 22.5 Å². The molecule has 0 radical (unpaired) electrons.